The second kappa shape index (κ2) is 32.5. The quantitative estimate of drug-likeness (QED) is 0.0351. The highest BCUT2D eigenvalue weighted by Gasteiger charge is 2.19. The predicted molar refractivity (Wildman–Crippen MR) is 178 cm³/mol. The van der Waals surface area contributed by atoms with E-state index >= 15 is 0 Å². The Morgan fingerprint density at radius 3 is 1.42 bits per heavy atom. The number of carbonyl (C=O) groups excluding carboxylic acids is 3. The van der Waals surface area contributed by atoms with Crippen molar-refractivity contribution in [3.8, 4) is 0 Å². The fourth-order valence-electron chi connectivity index (χ4n) is 4.51. The lowest BCUT2D eigenvalue weighted by Crippen LogP contribution is -2.30. The lowest BCUT2D eigenvalue weighted by Gasteiger charge is -2.18. The van der Waals surface area contributed by atoms with Crippen molar-refractivity contribution in [2.24, 2.45) is 0 Å². The van der Waals surface area contributed by atoms with Crippen LogP contribution in [0.3, 0.4) is 0 Å². The summed E-state index contributed by atoms with van der Waals surface area (Å²) in [7, 11) is 0. The third-order valence-electron chi connectivity index (χ3n) is 7.16. The van der Waals surface area contributed by atoms with Gasteiger partial charge in [0.2, 0.25) is 0 Å². The number of rotatable bonds is 30. The highest BCUT2D eigenvalue weighted by Crippen LogP contribution is 2.11. The molecule has 0 amide bonds. The Bertz CT molecular complexity index is 754. The summed E-state index contributed by atoms with van der Waals surface area (Å²) >= 11 is 0. The van der Waals surface area contributed by atoms with Gasteiger partial charge < -0.3 is 14.2 Å². The molecule has 0 saturated carbocycles. The third kappa shape index (κ3) is 30.9. The molecule has 0 aliphatic heterocycles. The van der Waals surface area contributed by atoms with Crippen molar-refractivity contribution in [3.63, 3.8) is 0 Å². The van der Waals surface area contributed by atoms with Crippen LogP contribution in [0.4, 0.5) is 0 Å². The average molecular weight is 605 g/mol. The SMILES string of the molecule is CC/C=C\C/C=C\C/C=C\CCCCCC(=O)OCC(COC(=O)CCCCCCCC)OC(=O)CCCCCCCC. The zero-order valence-electron chi connectivity index (χ0n) is 28.0. The van der Waals surface area contributed by atoms with Gasteiger partial charge in [-0.3, -0.25) is 14.4 Å². The summed E-state index contributed by atoms with van der Waals surface area (Å²) in [6.45, 7) is 6.33. The molecule has 0 aromatic carbocycles. The maximum atomic E-state index is 12.4. The van der Waals surface area contributed by atoms with Crippen LogP contribution in [0.5, 0.6) is 0 Å². The van der Waals surface area contributed by atoms with E-state index in [-0.39, 0.29) is 31.1 Å². The molecule has 248 valence electrons. The number of hydrogen-bond acceptors (Lipinski definition) is 6. The lowest BCUT2D eigenvalue weighted by atomic mass is 10.1. The van der Waals surface area contributed by atoms with Gasteiger partial charge in [-0.05, 0) is 51.4 Å². The highest BCUT2D eigenvalue weighted by molar-refractivity contribution is 5.71. The molecule has 1 unspecified atom stereocenters. The molecule has 1 atom stereocenters. The number of carbonyl (C=O) groups is 3. The van der Waals surface area contributed by atoms with E-state index in [0.29, 0.717) is 19.3 Å². The summed E-state index contributed by atoms with van der Waals surface area (Å²) in [6, 6.07) is 0. The summed E-state index contributed by atoms with van der Waals surface area (Å²) in [5, 5.41) is 0. The minimum Gasteiger partial charge on any atom is -0.462 e. The van der Waals surface area contributed by atoms with Gasteiger partial charge in [-0.25, -0.2) is 0 Å². The standard InChI is InChI=1S/C37H64O6/c1-4-7-10-13-16-17-18-19-20-21-22-25-27-30-36(39)42-33-34(43-37(40)31-28-24-15-12-9-6-3)32-41-35(38)29-26-23-14-11-8-5-2/h7,10,16-17,19-20,34H,4-6,8-9,11-15,18,21-33H2,1-3H3/b10-7-,17-16-,20-19-. The van der Waals surface area contributed by atoms with Gasteiger partial charge in [0.25, 0.3) is 0 Å². The molecule has 0 aliphatic carbocycles. The van der Waals surface area contributed by atoms with Gasteiger partial charge in [0.15, 0.2) is 6.10 Å². The van der Waals surface area contributed by atoms with Gasteiger partial charge in [-0.15, -0.1) is 0 Å². The molecule has 0 heterocycles. The molecule has 0 fully saturated rings. The number of allylic oxidation sites excluding steroid dienone is 6. The largest absolute Gasteiger partial charge is 0.462 e. The van der Waals surface area contributed by atoms with E-state index < -0.39 is 6.10 Å². The first-order chi connectivity index (χ1) is 21.0. The number of hydrogen-bond donors (Lipinski definition) is 0. The molecule has 0 rings (SSSR count). The van der Waals surface area contributed by atoms with E-state index in [1.54, 1.807) is 0 Å². The molecule has 0 saturated heterocycles. The monoisotopic (exact) mass is 604 g/mol. The molecule has 0 aromatic heterocycles. The Balaban J connectivity index is 4.34. The van der Waals surface area contributed by atoms with E-state index in [1.165, 1.54) is 38.5 Å². The van der Waals surface area contributed by atoms with Crippen LogP contribution in [0.2, 0.25) is 0 Å². The fraction of sp³-hybridized carbons (Fsp3) is 0.757. The van der Waals surface area contributed by atoms with Crippen molar-refractivity contribution in [2.75, 3.05) is 13.2 Å². The fourth-order valence-corrected chi connectivity index (χ4v) is 4.51. The molecule has 0 bridgehead atoms. The molecule has 6 nitrogen and oxygen atoms in total. The summed E-state index contributed by atoms with van der Waals surface area (Å²) in [4.78, 5) is 37.0. The van der Waals surface area contributed by atoms with Gasteiger partial charge in [0.05, 0.1) is 0 Å². The minimum absolute atomic E-state index is 0.0822. The molecule has 0 spiro atoms. The van der Waals surface area contributed by atoms with Gasteiger partial charge >= 0.3 is 17.9 Å². The molecule has 43 heavy (non-hydrogen) atoms. The first kappa shape index (κ1) is 40.6. The molecule has 0 aliphatic rings. The summed E-state index contributed by atoms with van der Waals surface area (Å²) < 4.78 is 16.4. The van der Waals surface area contributed by atoms with E-state index in [0.717, 1.165) is 83.5 Å². The van der Waals surface area contributed by atoms with Crippen LogP contribution in [-0.4, -0.2) is 37.2 Å². The van der Waals surface area contributed by atoms with E-state index in [2.05, 4.69) is 57.2 Å². The Kier molecular flexibility index (Phi) is 30.7. The van der Waals surface area contributed by atoms with Crippen LogP contribution in [0.1, 0.15) is 162 Å². The van der Waals surface area contributed by atoms with Gasteiger partial charge in [0.1, 0.15) is 13.2 Å². The van der Waals surface area contributed by atoms with Crippen LogP contribution >= 0.6 is 0 Å². The van der Waals surface area contributed by atoms with Gasteiger partial charge in [-0.2, -0.15) is 0 Å². The van der Waals surface area contributed by atoms with Crippen LogP contribution in [0.25, 0.3) is 0 Å². The second-order valence-corrected chi connectivity index (χ2v) is 11.4. The van der Waals surface area contributed by atoms with E-state index in [4.69, 9.17) is 14.2 Å². The normalized spacial score (nSPS) is 12.3. The molecule has 0 N–H and O–H groups in total. The van der Waals surface area contributed by atoms with Crippen molar-refractivity contribution in [2.45, 2.75) is 168 Å². The predicted octanol–water partition coefficient (Wildman–Crippen LogP) is 10.3. The molecular weight excluding hydrogens is 540 g/mol. The van der Waals surface area contributed by atoms with E-state index in [9.17, 15) is 14.4 Å². The van der Waals surface area contributed by atoms with Gasteiger partial charge in [0, 0.05) is 19.3 Å². The van der Waals surface area contributed by atoms with Crippen molar-refractivity contribution in [1.29, 1.82) is 0 Å². The second-order valence-electron chi connectivity index (χ2n) is 11.4. The van der Waals surface area contributed by atoms with Crippen molar-refractivity contribution < 1.29 is 28.6 Å². The number of ether oxygens (including phenoxy) is 3. The van der Waals surface area contributed by atoms with Crippen LogP contribution in [-0.2, 0) is 28.6 Å². The van der Waals surface area contributed by atoms with Crippen molar-refractivity contribution in [3.05, 3.63) is 36.5 Å². The topological polar surface area (TPSA) is 78.9 Å². The average Bonchev–Trinajstić information content (AvgIpc) is 3.00. The zero-order chi connectivity index (χ0) is 31.6. The summed E-state index contributed by atoms with van der Waals surface area (Å²) in [6.07, 6.45) is 33.1. The highest BCUT2D eigenvalue weighted by atomic mass is 16.6. The summed E-state index contributed by atoms with van der Waals surface area (Å²) in [5.41, 5.74) is 0. The molecular formula is C37H64O6. The smallest absolute Gasteiger partial charge is 0.306 e. The number of esters is 3. The Morgan fingerprint density at radius 1 is 0.488 bits per heavy atom. The first-order valence-electron chi connectivity index (χ1n) is 17.5. The first-order valence-corrected chi connectivity index (χ1v) is 17.5. The van der Waals surface area contributed by atoms with Crippen molar-refractivity contribution in [1.82, 2.24) is 0 Å². The maximum absolute atomic E-state index is 12.4. The lowest BCUT2D eigenvalue weighted by molar-refractivity contribution is -0.167. The summed E-state index contributed by atoms with van der Waals surface area (Å²) in [5.74, 6) is -0.943. The molecule has 0 radical (unpaired) electrons. The van der Waals surface area contributed by atoms with Gasteiger partial charge in [-0.1, -0.05) is 128 Å². The Labute approximate surface area is 264 Å². The molecule has 0 aromatic rings. The zero-order valence-corrected chi connectivity index (χ0v) is 28.0. The third-order valence-corrected chi connectivity index (χ3v) is 7.16. The van der Waals surface area contributed by atoms with Crippen LogP contribution in [0.15, 0.2) is 36.5 Å². The van der Waals surface area contributed by atoms with Crippen LogP contribution in [0, 0.1) is 0 Å². The number of unbranched alkanes of at least 4 members (excludes halogenated alkanes) is 13. The van der Waals surface area contributed by atoms with E-state index in [1.807, 2.05) is 0 Å². The maximum Gasteiger partial charge on any atom is 0.306 e. The molecule has 6 heteroatoms. The Hall–Kier alpha value is -2.37. The Morgan fingerprint density at radius 2 is 0.907 bits per heavy atom. The van der Waals surface area contributed by atoms with Crippen molar-refractivity contribution >= 4 is 17.9 Å². The van der Waals surface area contributed by atoms with Crippen LogP contribution < -0.4 is 0 Å². The minimum atomic E-state index is -0.771.